The van der Waals surface area contributed by atoms with Crippen LogP contribution in [0.3, 0.4) is 0 Å². The highest BCUT2D eigenvalue weighted by atomic mass is 79.9. The Kier molecular flexibility index (Phi) is 5.63. The zero-order valence-corrected chi connectivity index (χ0v) is 15.3. The summed E-state index contributed by atoms with van der Waals surface area (Å²) in [6.07, 6.45) is 0.0319. The summed E-state index contributed by atoms with van der Waals surface area (Å²) >= 11 is 15.3. The number of hydrogen-bond acceptors (Lipinski definition) is 5. The van der Waals surface area contributed by atoms with Crippen molar-refractivity contribution >= 4 is 57.8 Å². The minimum Gasteiger partial charge on any atom is -0.312 e. The first-order valence-electron chi connectivity index (χ1n) is 5.83. The van der Waals surface area contributed by atoms with Crippen LogP contribution in [0.4, 0.5) is 0 Å². The first-order chi connectivity index (χ1) is 9.92. The quantitative estimate of drug-likeness (QED) is 0.519. The normalized spacial score (nSPS) is 12.0. The fourth-order valence-corrected chi connectivity index (χ4v) is 3.54. The maximum absolute atomic E-state index is 12.3. The Morgan fingerprint density at radius 1 is 1.10 bits per heavy atom. The molecule has 0 aliphatic heterocycles. The van der Waals surface area contributed by atoms with Crippen LogP contribution in [0.5, 0.6) is 0 Å². The molecule has 0 unspecified atom stereocenters. The number of nitrogens with zero attached hydrogens (tertiary/aromatic N) is 2. The molecule has 1 heterocycles. The molecule has 0 bridgehead atoms. The number of benzene rings is 1. The van der Waals surface area contributed by atoms with Crippen molar-refractivity contribution in [3.63, 3.8) is 0 Å². The Hall–Kier alpha value is -0.230. The summed E-state index contributed by atoms with van der Waals surface area (Å²) in [6.45, 7) is 0. The van der Waals surface area contributed by atoms with Crippen LogP contribution in [0, 0.1) is 0 Å². The molecule has 0 aliphatic rings. The molecule has 0 fully saturated rings. The van der Waals surface area contributed by atoms with Gasteiger partial charge >= 0.3 is 7.60 Å². The summed E-state index contributed by atoms with van der Waals surface area (Å²) in [4.78, 5) is 8.92. The van der Waals surface area contributed by atoms with Gasteiger partial charge in [-0.2, -0.15) is 0 Å². The van der Waals surface area contributed by atoms with Gasteiger partial charge in [0.15, 0.2) is 0 Å². The van der Waals surface area contributed by atoms with Gasteiger partial charge in [0.05, 0.1) is 38.6 Å². The van der Waals surface area contributed by atoms with Gasteiger partial charge in [0.25, 0.3) is 0 Å². The highest BCUT2D eigenvalue weighted by Gasteiger charge is 2.25. The molecule has 2 aromatic rings. The van der Waals surface area contributed by atoms with Gasteiger partial charge in [-0.3, -0.25) is 4.57 Å². The highest BCUT2D eigenvalue weighted by Crippen LogP contribution is 2.50. The van der Waals surface area contributed by atoms with Crippen molar-refractivity contribution in [2.24, 2.45) is 0 Å². The molecule has 0 atom stereocenters. The first-order valence-corrected chi connectivity index (χ1v) is 9.44. The summed E-state index contributed by atoms with van der Waals surface area (Å²) in [5, 5.41) is 1.25. The summed E-state index contributed by atoms with van der Waals surface area (Å²) in [7, 11) is -0.552. The maximum atomic E-state index is 12.3. The topological polar surface area (TPSA) is 61.3 Å². The zero-order chi connectivity index (χ0) is 15.6. The molecule has 0 aliphatic carbocycles. The van der Waals surface area contributed by atoms with Gasteiger partial charge in [-0.05, 0) is 12.1 Å². The third-order valence-corrected chi connectivity index (χ3v) is 5.94. The van der Waals surface area contributed by atoms with Crippen LogP contribution in [0.25, 0.3) is 11.0 Å². The standard InChI is InChI=1S/C12H12BrCl2N2O3P/c1-19-21(18,20-2)6-12-11(5-13)16-9-3-7(14)8(15)4-10(9)17-12/h3-4H,5-6H2,1-2H3. The average molecular weight is 414 g/mol. The third-order valence-electron chi connectivity index (χ3n) is 2.89. The molecule has 5 nitrogen and oxygen atoms in total. The van der Waals surface area contributed by atoms with E-state index in [1.165, 1.54) is 14.2 Å². The molecule has 0 spiro atoms. The lowest BCUT2D eigenvalue weighted by molar-refractivity contribution is 0.274. The van der Waals surface area contributed by atoms with Crippen LogP contribution >= 0.6 is 46.7 Å². The van der Waals surface area contributed by atoms with Crippen LogP contribution in [0.2, 0.25) is 10.0 Å². The van der Waals surface area contributed by atoms with E-state index in [4.69, 9.17) is 32.2 Å². The highest BCUT2D eigenvalue weighted by molar-refractivity contribution is 9.08. The van der Waals surface area contributed by atoms with Crippen molar-refractivity contribution in [2.45, 2.75) is 11.5 Å². The lowest BCUT2D eigenvalue weighted by atomic mass is 10.2. The molecule has 9 heteroatoms. The average Bonchev–Trinajstić information content (AvgIpc) is 2.48. The minimum absolute atomic E-state index is 0.0319. The van der Waals surface area contributed by atoms with E-state index in [0.29, 0.717) is 37.8 Å². The lowest BCUT2D eigenvalue weighted by Crippen LogP contribution is -2.03. The van der Waals surface area contributed by atoms with E-state index in [1.807, 2.05) is 0 Å². The number of rotatable bonds is 5. The fraction of sp³-hybridized carbons (Fsp3) is 0.333. The predicted molar refractivity (Wildman–Crippen MR) is 87.5 cm³/mol. The van der Waals surface area contributed by atoms with Crippen molar-refractivity contribution in [3.05, 3.63) is 33.6 Å². The van der Waals surface area contributed by atoms with Gasteiger partial charge in [0.2, 0.25) is 0 Å². The molecule has 0 amide bonds. The van der Waals surface area contributed by atoms with E-state index in [2.05, 4.69) is 25.9 Å². The van der Waals surface area contributed by atoms with Crippen LogP contribution < -0.4 is 0 Å². The van der Waals surface area contributed by atoms with Crippen molar-refractivity contribution in [3.8, 4) is 0 Å². The van der Waals surface area contributed by atoms with Gasteiger partial charge < -0.3 is 9.05 Å². The van der Waals surface area contributed by atoms with Crippen molar-refractivity contribution in [1.29, 1.82) is 0 Å². The van der Waals surface area contributed by atoms with Crippen LogP contribution in [0.1, 0.15) is 11.4 Å². The molecule has 114 valence electrons. The van der Waals surface area contributed by atoms with Crippen molar-refractivity contribution in [1.82, 2.24) is 9.97 Å². The predicted octanol–water partition coefficient (Wildman–Crippen LogP) is 4.82. The van der Waals surface area contributed by atoms with Crippen molar-refractivity contribution in [2.75, 3.05) is 14.2 Å². The Balaban J connectivity index is 2.57. The van der Waals surface area contributed by atoms with Gasteiger partial charge in [0, 0.05) is 19.5 Å². The van der Waals surface area contributed by atoms with Crippen LogP contribution in [-0.4, -0.2) is 24.2 Å². The summed E-state index contributed by atoms with van der Waals surface area (Å²) < 4.78 is 22.2. The Bertz CT molecular complexity index is 721. The second-order valence-corrected chi connectivity index (χ2v) is 7.78. The van der Waals surface area contributed by atoms with E-state index in [1.54, 1.807) is 12.1 Å². The van der Waals surface area contributed by atoms with E-state index in [-0.39, 0.29) is 6.16 Å². The zero-order valence-electron chi connectivity index (χ0n) is 11.3. The molecular formula is C12H12BrCl2N2O3P. The van der Waals surface area contributed by atoms with Crippen molar-refractivity contribution < 1.29 is 13.6 Å². The molecular weight excluding hydrogens is 402 g/mol. The maximum Gasteiger partial charge on any atom is 0.336 e. The number of fused-ring (bicyclic) bond motifs is 1. The second-order valence-electron chi connectivity index (χ2n) is 4.14. The summed E-state index contributed by atoms with van der Waals surface area (Å²) in [5.41, 5.74) is 2.37. The molecule has 1 aromatic heterocycles. The molecule has 0 saturated carbocycles. The SMILES string of the molecule is COP(=O)(Cc1nc2cc(Cl)c(Cl)cc2nc1CBr)OC. The molecule has 21 heavy (non-hydrogen) atoms. The summed E-state index contributed by atoms with van der Waals surface area (Å²) in [6, 6.07) is 3.27. The van der Waals surface area contributed by atoms with Gasteiger partial charge in [-0.25, -0.2) is 9.97 Å². The molecule has 0 radical (unpaired) electrons. The number of hydrogen-bond donors (Lipinski definition) is 0. The van der Waals surface area contributed by atoms with Gasteiger partial charge in [-0.1, -0.05) is 39.1 Å². The number of aromatic nitrogens is 2. The van der Waals surface area contributed by atoms with Gasteiger partial charge in [-0.15, -0.1) is 0 Å². The van der Waals surface area contributed by atoms with E-state index >= 15 is 0 Å². The first kappa shape index (κ1) is 17.1. The lowest BCUT2D eigenvalue weighted by Gasteiger charge is -2.15. The molecule has 0 N–H and O–H groups in total. The summed E-state index contributed by atoms with van der Waals surface area (Å²) in [5.74, 6) is 0. The molecule has 2 rings (SSSR count). The number of alkyl halides is 1. The smallest absolute Gasteiger partial charge is 0.312 e. The number of halogens is 3. The van der Waals surface area contributed by atoms with Crippen LogP contribution in [-0.2, 0) is 25.1 Å². The Morgan fingerprint density at radius 2 is 1.57 bits per heavy atom. The van der Waals surface area contributed by atoms with E-state index in [0.717, 1.165) is 0 Å². The monoisotopic (exact) mass is 412 g/mol. The molecule has 0 saturated heterocycles. The fourth-order valence-electron chi connectivity index (χ4n) is 1.75. The second kappa shape index (κ2) is 6.90. The third kappa shape index (κ3) is 3.76. The molecule has 1 aromatic carbocycles. The van der Waals surface area contributed by atoms with Crippen LogP contribution in [0.15, 0.2) is 12.1 Å². The van der Waals surface area contributed by atoms with E-state index < -0.39 is 7.60 Å². The van der Waals surface area contributed by atoms with E-state index in [9.17, 15) is 4.57 Å². The minimum atomic E-state index is -3.22. The largest absolute Gasteiger partial charge is 0.336 e. The Morgan fingerprint density at radius 3 is 2.00 bits per heavy atom. The Labute approximate surface area is 140 Å². The van der Waals surface area contributed by atoms with Gasteiger partial charge in [0.1, 0.15) is 0 Å².